The summed E-state index contributed by atoms with van der Waals surface area (Å²) >= 11 is 0. The van der Waals surface area contributed by atoms with E-state index in [1.807, 2.05) is 17.9 Å². The van der Waals surface area contributed by atoms with E-state index in [2.05, 4.69) is 0 Å². The molecule has 0 bridgehead atoms. The van der Waals surface area contributed by atoms with Crippen LogP contribution >= 0.6 is 0 Å². The number of aliphatic hydroxyl groups is 1. The molecule has 0 radical (unpaired) electrons. The number of alkyl halides is 2. The Labute approximate surface area is 153 Å². The molecular weight excluding hydrogens is 336 g/mol. The Kier molecular flexibility index (Phi) is 4.14. The van der Waals surface area contributed by atoms with Crippen molar-refractivity contribution in [3.8, 4) is 0 Å². The molecule has 142 valence electrons. The largest absolute Gasteiger partial charge is 0.390 e. The van der Waals surface area contributed by atoms with E-state index in [1.165, 1.54) is 0 Å². The summed E-state index contributed by atoms with van der Waals surface area (Å²) in [5.41, 5.74) is 1.53. The summed E-state index contributed by atoms with van der Waals surface area (Å²) in [5, 5.41) is 9.83. The first-order valence-electron chi connectivity index (χ1n) is 9.57. The zero-order valence-electron chi connectivity index (χ0n) is 15.5. The topological polar surface area (TPSA) is 40.5 Å². The Balaban J connectivity index is 1.37. The van der Waals surface area contributed by atoms with Crippen LogP contribution in [0.5, 0.6) is 0 Å². The molecule has 3 aliphatic rings. The number of halogens is 2. The van der Waals surface area contributed by atoms with Gasteiger partial charge in [0.2, 0.25) is 5.91 Å². The lowest BCUT2D eigenvalue weighted by atomic mass is 9.69. The Hall–Kier alpha value is -1.49. The van der Waals surface area contributed by atoms with E-state index in [0.29, 0.717) is 18.8 Å². The second-order valence-electron chi connectivity index (χ2n) is 9.21. The standard InChI is InChI=1S/C21H27F2NO2/c1-13-5-15(7-16(6-13)18(22)23)14-3-4-21(10-14)11-24(12-21)19(25)17-8-20(2,26)9-17/h5-7,14,17-18,26H,3-4,8-12H2,1-2H3/t14?,17-,20+. The number of hydrogen-bond acceptors (Lipinski definition) is 2. The molecule has 1 spiro atoms. The summed E-state index contributed by atoms with van der Waals surface area (Å²) in [6.45, 7) is 5.23. The van der Waals surface area contributed by atoms with Crippen molar-refractivity contribution in [3.63, 3.8) is 0 Å². The highest BCUT2D eigenvalue weighted by Gasteiger charge is 2.53. The second kappa shape index (κ2) is 6.01. The first-order chi connectivity index (χ1) is 12.2. The number of rotatable bonds is 3. The average Bonchev–Trinajstić information content (AvgIpc) is 2.95. The van der Waals surface area contributed by atoms with Crippen molar-refractivity contribution in [2.75, 3.05) is 13.1 Å². The molecule has 3 fully saturated rings. The molecule has 2 aliphatic carbocycles. The Morgan fingerprint density at radius 2 is 1.92 bits per heavy atom. The van der Waals surface area contributed by atoms with Gasteiger partial charge in [-0.05, 0) is 63.5 Å². The molecule has 1 aliphatic heterocycles. The minimum absolute atomic E-state index is 0.0232. The van der Waals surface area contributed by atoms with Crippen molar-refractivity contribution in [2.24, 2.45) is 11.3 Å². The van der Waals surface area contributed by atoms with E-state index in [0.717, 1.165) is 43.5 Å². The molecule has 1 amide bonds. The monoisotopic (exact) mass is 363 g/mol. The van der Waals surface area contributed by atoms with Crippen LogP contribution in [0.2, 0.25) is 0 Å². The number of hydrogen-bond donors (Lipinski definition) is 1. The number of aryl methyl sites for hydroxylation is 1. The summed E-state index contributed by atoms with van der Waals surface area (Å²) in [4.78, 5) is 14.4. The molecule has 1 aromatic rings. The molecule has 26 heavy (non-hydrogen) atoms. The molecule has 3 nitrogen and oxygen atoms in total. The van der Waals surface area contributed by atoms with Crippen LogP contribution in [0.1, 0.15) is 68.1 Å². The molecule has 1 atom stereocenters. The highest BCUT2D eigenvalue weighted by Crippen LogP contribution is 2.53. The van der Waals surface area contributed by atoms with Gasteiger partial charge in [0.05, 0.1) is 5.60 Å². The number of nitrogens with zero attached hydrogens (tertiary/aromatic N) is 1. The van der Waals surface area contributed by atoms with Crippen molar-refractivity contribution in [3.05, 3.63) is 34.9 Å². The van der Waals surface area contributed by atoms with Crippen LogP contribution in [0, 0.1) is 18.3 Å². The van der Waals surface area contributed by atoms with Gasteiger partial charge >= 0.3 is 0 Å². The number of benzene rings is 1. The molecule has 1 N–H and O–H groups in total. The van der Waals surface area contributed by atoms with E-state index in [-0.39, 0.29) is 22.8 Å². The lowest BCUT2D eigenvalue weighted by Crippen LogP contribution is -2.61. The summed E-state index contributed by atoms with van der Waals surface area (Å²) in [6, 6.07) is 5.27. The third kappa shape index (κ3) is 3.15. The van der Waals surface area contributed by atoms with Crippen LogP contribution in [0.4, 0.5) is 8.78 Å². The fourth-order valence-electron chi connectivity index (χ4n) is 5.34. The summed E-state index contributed by atoms with van der Waals surface area (Å²) in [5.74, 6) is 0.472. The summed E-state index contributed by atoms with van der Waals surface area (Å²) in [7, 11) is 0. The van der Waals surface area contributed by atoms with Gasteiger partial charge in [-0.2, -0.15) is 0 Å². The molecule has 1 saturated heterocycles. The Bertz CT molecular complexity index is 717. The number of carbonyl (C=O) groups excluding carboxylic acids is 1. The van der Waals surface area contributed by atoms with E-state index >= 15 is 0 Å². The highest BCUT2D eigenvalue weighted by molar-refractivity contribution is 5.81. The van der Waals surface area contributed by atoms with Gasteiger partial charge in [0.25, 0.3) is 6.43 Å². The lowest BCUT2D eigenvalue weighted by Gasteiger charge is -2.52. The van der Waals surface area contributed by atoms with Crippen LogP contribution in [-0.4, -0.2) is 34.6 Å². The third-order valence-electron chi connectivity index (χ3n) is 6.63. The lowest BCUT2D eigenvalue weighted by molar-refractivity contribution is -0.161. The molecule has 0 aromatic heterocycles. The maximum atomic E-state index is 13.1. The zero-order valence-corrected chi connectivity index (χ0v) is 15.5. The second-order valence-corrected chi connectivity index (χ2v) is 9.21. The van der Waals surface area contributed by atoms with Gasteiger partial charge in [-0.15, -0.1) is 0 Å². The van der Waals surface area contributed by atoms with Crippen LogP contribution in [0.3, 0.4) is 0 Å². The molecule has 4 rings (SSSR count). The predicted molar refractivity (Wildman–Crippen MR) is 95.1 cm³/mol. The van der Waals surface area contributed by atoms with Gasteiger partial charge in [0.1, 0.15) is 0 Å². The Morgan fingerprint density at radius 1 is 1.23 bits per heavy atom. The quantitative estimate of drug-likeness (QED) is 0.875. The van der Waals surface area contributed by atoms with Crippen molar-refractivity contribution in [1.29, 1.82) is 0 Å². The van der Waals surface area contributed by atoms with Gasteiger partial charge in [-0.1, -0.05) is 17.7 Å². The van der Waals surface area contributed by atoms with Gasteiger partial charge in [0, 0.05) is 30.0 Å². The van der Waals surface area contributed by atoms with E-state index in [9.17, 15) is 18.7 Å². The third-order valence-corrected chi connectivity index (χ3v) is 6.63. The fraction of sp³-hybridized carbons (Fsp3) is 0.667. The van der Waals surface area contributed by atoms with Crippen molar-refractivity contribution >= 4 is 5.91 Å². The van der Waals surface area contributed by atoms with Crippen molar-refractivity contribution in [1.82, 2.24) is 4.90 Å². The predicted octanol–water partition coefficient (Wildman–Crippen LogP) is 4.19. The maximum Gasteiger partial charge on any atom is 0.263 e. The summed E-state index contributed by atoms with van der Waals surface area (Å²) < 4.78 is 26.2. The molecule has 2 saturated carbocycles. The highest BCUT2D eigenvalue weighted by atomic mass is 19.3. The molecule has 1 unspecified atom stereocenters. The summed E-state index contributed by atoms with van der Waals surface area (Å²) in [6.07, 6.45) is 1.75. The Morgan fingerprint density at radius 3 is 2.54 bits per heavy atom. The maximum absolute atomic E-state index is 13.1. The zero-order chi connectivity index (χ0) is 18.7. The minimum atomic E-state index is -2.43. The van der Waals surface area contributed by atoms with E-state index < -0.39 is 12.0 Å². The average molecular weight is 363 g/mol. The molecule has 1 heterocycles. The van der Waals surface area contributed by atoms with Crippen molar-refractivity contribution in [2.45, 2.75) is 63.9 Å². The van der Waals surface area contributed by atoms with Crippen LogP contribution < -0.4 is 0 Å². The van der Waals surface area contributed by atoms with Gasteiger partial charge < -0.3 is 10.0 Å². The first-order valence-corrected chi connectivity index (χ1v) is 9.57. The fourth-order valence-corrected chi connectivity index (χ4v) is 5.34. The van der Waals surface area contributed by atoms with Gasteiger partial charge in [-0.25, -0.2) is 8.78 Å². The molecular formula is C21H27F2NO2. The van der Waals surface area contributed by atoms with Crippen LogP contribution in [0.25, 0.3) is 0 Å². The van der Waals surface area contributed by atoms with Crippen LogP contribution in [-0.2, 0) is 4.79 Å². The van der Waals surface area contributed by atoms with Gasteiger partial charge in [-0.3, -0.25) is 4.79 Å². The first kappa shape index (κ1) is 17.9. The molecule has 5 heteroatoms. The van der Waals surface area contributed by atoms with E-state index in [1.54, 1.807) is 19.1 Å². The smallest absolute Gasteiger partial charge is 0.263 e. The normalized spacial score (nSPS) is 32.6. The number of likely N-dealkylation sites (tertiary alicyclic amines) is 1. The SMILES string of the molecule is Cc1cc(C(F)F)cc(C2CCC3(C2)CN(C(=O)[C@H]2C[C@@](C)(O)C2)C3)c1. The van der Waals surface area contributed by atoms with E-state index in [4.69, 9.17) is 0 Å². The minimum Gasteiger partial charge on any atom is -0.390 e. The van der Waals surface area contributed by atoms with Crippen molar-refractivity contribution < 1.29 is 18.7 Å². The molecule has 1 aromatic carbocycles. The number of amides is 1. The van der Waals surface area contributed by atoms with Gasteiger partial charge in [0.15, 0.2) is 0 Å². The van der Waals surface area contributed by atoms with Crippen LogP contribution in [0.15, 0.2) is 18.2 Å². The number of carbonyl (C=O) groups is 1.